The van der Waals surface area contributed by atoms with Gasteiger partial charge in [0.05, 0.1) is 11.3 Å². The second-order valence-electron chi connectivity index (χ2n) is 5.30. The molecule has 0 fully saturated rings. The molecule has 0 aliphatic rings. The van der Waals surface area contributed by atoms with Gasteiger partial charge in [-0.2, -0.15) is 5.26 Å². The van der Waals surface area contributed by atoms with E-state index in [0.29, 0.717) is 0 Å². The minimum atomic E-state index is 0.720. The van der Waals surface area contributed by atoms with E-state index in [2.05, 4.69) is 36.9 Å². The van der Waals surface area contributed by atoms with Crippen molar-refractivity contribution in [2.45, 2.75) is 26.8 Å². The number of benzene rings is 2. The van der Waals surface area contributed by atoms with Crippen LogP contribution in [0.15, 0.2) is 42.5 Å². The Hall–Kier alpha value is -2.47. The van der Waals surface area contributed by atoms with Gasteiger partial charge in [-0.25, -0.2) is 0 Å². The zero-order valence-electron chi connectivity index (χ0n) is 12.6. The maximum absolute atomic E-state index is 9.34. The lowest BCUT2D eigenvalue weighted by atomic mass is 10.1. The molecule has 0 radical (unpaired) electrons. The molecule has 2 N–H and O–H groups in total. The van der Waals surface area contributed by atoms with E-state index in [4.69, 9.17) is 5.73 Å². The van der Waals surface area contributed by atoms with Crippen molar-refractivity contribution in [1.82, 2.24) is 0 Å². The Labute approximate surface area is 126 Å². The monoisotopic (exact) mass is 279 g/mol. The first-order chi connectivity index (χ1) is 10.1. The molecule has 0 bridgehead atoms. The zero-order chi connectivity index (χ0) is 15.2. The normalized spacial score (nSPS) is 10.1. The summed E-state index contributed by atoms with van der Waals surface area (Å²) in [6.45, 7) is 5.87. The average molecular weight is 279 g/mol. The van der Waals surface area contributed by atoms with Crippen LogP contribution in [-0.4, -0.2) is 6.54 Å². The predicted octanol–water partition coefficient (Wildman–Crippen LogP) is 3.87. The van der Waals surface area contributed by atoms with Gasteiger partial charge in [-0.05, 0) is 48.7 Å². The van der Waals surface area contributed by atoms with Crippen molar-refractivity contribution in [2.75, 3.05) is 17.2 Å². The summed E-state index contributed by atoms with van der Waals surface area (Å²) < 4.78 is 0. The van der Waals surface area contributed by atoms with Crippen molar-refractivity contribution < 1.29 is 0 Å². The maximum atomic E-state index is 9.34. The minimum Gasteiger partial charge on any atom is -0.399 e. The summed E-state index contributed by atoms with van der Waals surface area (Å²) in [6, 6.07) is 16.2. The molecule has 21 heavy (non-hydrogen) atoms. The van der Waals surface area contributed by atoms with Crippen LogP contribution in [0.3, 0.4) is 0 Å². The Kier molecular flexibility index (Phi) is 4.84. The highest BCUT2D eigenvalue weighted by molar-refractivity contribution is 5.61. The SMILES string of the molecule is CCCN(Cc1cccc(N)c1)c1cc(C)ccc1C#N. The molecule has 0 aliphatic heterocycles. The first-order valence-corrected chi connectivity index (χ1v) is 7.24. The van der Waals surface area contributed by atoms with Crippen LogP contribution in [0.5, 0.6) is 0 Å². The van der Waals surface area contributed by atoms with Crippen LogP contribution >= 0.6 is 0 Å². The fourth-order valence-electron chi connectivity index (χ4n) is 2.46. The lowest BCUT2D eigenvalue weighted by molar-refractivity contribution is 0.766. The van der Waals surface area contributed by atoms with Crippen LogP contribution in [0.2, 0.25) is 0 Å². The van der Waals surface area contributed by atoms with Crippen molar-refractivity contribution in [1.29, 1.82) is 5.26 Å². The van der Waals surface area contributed by atoms with Gasteiger partial charge in [-0.3, -0.25) is 0 Å². The van der Waals surface area contributed by atoms with Gasteiger partial charge in [0.15, 0.2) is 0 Å². The largest absolute Gasteiger partial charge is 0.399 e. The number of hydrogen-bond donors (Lipinski definition) is 1. The third-order valence-electron chi connectivity index (χ3n) is 3.43. The van der Waals surface area contributed by atoms with E-state index in [-0.39, 0.29) is 0 Å². The Morgan fingerprint density at radius 1 is 1.19 bits per heavy atom. The molecule has 0 amide bonds. The number of hydrogen-bond acceptors (Lipinski definition) is 3. The van der Waals surface area contributed by atoms with Crippen molar-refractivity contribution in [2.24, 2.45) is 0 Å². The summed E-state index contributed by atoms with van der Waals surface area (Å²) in [7, 11) is 0. The second-order valence-corrected chi connectivity index (χ2v) is 5.30. The van der Waals surface area contributed by atoms with E-state index in [0.717, 1.165) is 47.6 Å². The highest BCUT2D eigenvalue weighted by Gasteiger charge is 2.12. The summed E-state index contributed by atoms with van der Waals surface area (Å²) in [6.07, 6.45) is 1.03. The molecule has 0 unspecified atom stereocenters. The molecule has 2 aromatic rings. The van der Waals surface area contributed by atoms with Crippen LogP contribution in [-0.2, 0) is 6.54 Å². The van der Waals surface area contributed by atoms with Gasteiger partial charge in [0, 0.05) is 18.8 Å². The second kappa shape index (κ2) is 6.81. The van der Waals surface area contributed by atoms with Gasteiger partial charge in [-0.15, -0.1) is 0 Å². The third-order valence-corrected chi connectivity index (χ3v) is 3.43. The van der Waals surface area contributed by atoms with E-state index < -0.39 is 0 Å². The number of rotatable bonds is 5. The lowest BCUT2D eigenvalue weighted by Gasteiger charge is -2.26. The number of nitrogen functional groups attached to an aromatic ring is 1. The molecule has 108 valence electrons. The molecule has 0 aromatic heterocycles. The van der Waals surface area contributed by atoms with Crippen LogP contribution in [0.1, 0.15) is 30.0 Å². The predicted molar refractivity (Wildman–Crippen MR) is 88.1 cm³/mol. The lowest BCUT2D eigenvalue weighted by Crippen LogP contribution is -2.24. The Balaban J connectivity index is 2.35. The molecule has 2 aromatic carbocycles. The van der Waals surface area contributed by atoms with Crippen molar-refractivity contribution in [3.8, 4) is 6.07 Å². The summed E-state index contributed by atoms with van der Waals surface area (Å²) >= 11 is 0. The summed E-state index contributed by atoms with van der Waals surface area (Å²) in [4.78, 5) is 2.25. The summed E-state index contributed by atoms with van der Waals surface area (Å²) in [5.74, 6) is 0. The quantitative estimate of drug-likeness (QED) is 0.845. The molecular formula is C18H21N3. The first-order valence-electron chi connectivity index (χ1n) is 7.24. The van der Waals surface area contributed by atoms with Gasteiger partial charge >= 0.3 is 0 Å². The summed E-state index contributed by atoms with van der Waals surface area (Å²) in [5, 5.41) is 9.34. The minimum absolute atomic E-state index is 0.720. The van der Waals surface area contributed by atoms with Gasteiger partial charge in [0.1, 0.15) is 6.07 Å². The first kappa shape index (κ1) is 14.9. The Morgan fingerprint density at radius 2 is 2.00 bits per heavy atom. The topological polar surface area (TPSA) is 53.0 Å². The smallest absolute Gasteiger partial charge is 0.101 e. The third kappa shape index (κ3) is 3.76. The van der Waals surface area contributed by atoms with Crippen LogP contribution in [0.4, 0.5) is 11.4 Å². The molecule has 0 saturated heterocycles. The van der Waals surface area contributed by atoms with E-state index >= 15 is 0 Å². The fraction of sp³-hybridized carbons (Fsp3) is 0.278. The molecule has 0 spiro atoms. The van der Waals surface area contributed by atoms with Crippen molar-refractivity contribution in [3.63, 3.8) is 0 Å². The van der Waals surface area contributed by atoms with Crippen LogP contribution in [0.25, 0.3) is 0 Å². The highest BCUT2D eigenvalue weighted by atomic mass is 15.1. The van der Waals surface area contributed by atoms with Gasteiger partial charge in [0.2, 0.25) is 0 Å². The number of aryl methyl sites for hydroxylation is 1. The molecule has 0 aliphatic carbocycles. The number of anilines is 2. The molecule has 2 rings (SSSR count). The molecule has 0 heterocycles. The molecule has 0 saturated carbocycles. The summed E-state index contributed by atoms with van der Waals surface area (Å²) in [5.41, 5.74) is 10.7. The van der Waals surface area contributed by atoms with Gasteiger partial charge in [-0.1, -0.05) is 25.1 Å². The molecule has 3 nitrogen and oxygen atoms in total. The van der Waals surface area contributed by atoms with E-state index in [9.17, 15) is 5.26 Å². The zero-order valence-corrected chi connectivity index (χ0v) is 12.6. The Morgan fingerprint density at radius 3 is 2.67 bits per heavy atom. The van der Waals surface area contributed by atoms with E-state index in [1.54, 1.807) is 0 Å². The van der Waals surface area contributed by atoms with Crippen LogP contribution in [0, 0.1) is 18.3 Å². The van der Waals surface area contributed by atoms with Crippen molar-refractivity contribution in [3.05, 3.63) is 59.2 Å². The van der Waals surface area contributed by atoms with Crippen LogP contribution < -0.4 is 10.6 Å². The fourth-order valence-corrected chi connectivity index (χ4v) is 2.46. The maximum Gasteiger partial charge on any atom is 0.101 e. The van der Waals surface area contributed by atoms with Gasteiger partial charge < -0.3 is 10.6 Å². The number of nitrogens with two attached hydrogens (primary N) is 1. The highest BCUT2D eigenvalue weighted by Crippen LogP contribution is 2.24. The number of nitriles is 1. The molecular weight excluding hydrogens is 258 g/mol. The number of nitrogens with zero attached hydrogens (tertiary/aromatic N) is 2. The van der Waals surface area contributed by atoms with Crippen molar-refractivity contribution >= 4 is 11.4 Å². The standard InChI is InChI=1S/C18H21N3/c1-3-9-21(13-15-5-4-6-17(20)11-15)18-10-14(2)7-8-16(18)12-19/h4-8,10-11H,3,9,13,20H2,1-2H3. The Bertz CT molecular complexity index is 656. The molecule has 0 atom stereocenters. The van der Waals surface area contributed by atoms with Gasteiger partial charge in [0.25, 0.3) is 0 Å². The van der Waals surface area contributed by atoms with E-state index in [1.165, 1.54) is 0 Å². The average Bonchev–Trinajstić information content (AvgIpc) is 2.47. The molecule has 3 heteroatoms. The van der Waals surface area contributed by atoms with E-state index in [1.807, 2.05) is 30.3 Å².